The van der Waals surface area contributed by atoms with Crippen LogP contribution in [0.1, 0.15) is 58.8 Å². The summed E-state index contributed by atoms with van der Waals surface area (Å²) in [6.45, 7) is 7.76. The summed E-state index contributed by atoms with van der Waals surface area (Å²) >= 11 is 0. The molecule has 1 saturated heterocycles. The van der Waals surface area contributed by atoms with E-state index in [1.165, 1.54) is 12.8 Å². The van der Waals surface area contributed by atoms with E-state index in [-0.39, 0.29) is 0 Å². The fraction of sp³-hybridized carbons (Fsp3) is 1.00. The minimum Gasteiger partial charge on any atom is -0.317 e. The normalized spacial score (nSPS) is 21.8. The van der Waals surface area contributed by atoms with Gasteiger partial charge in [-0.3, -0.25) is 0 Å². The van der Waals surface area contributed by atoms with Crippen LogP contribution in [0.25, 0.3) is 0 Å². The average molecular weight is 305 g/mol. The van der Waals surface area contributed by atoms with E-state index in [4.69, 9.17) is 0 Å². The van der Waals surface area contributed by atoms with Crippen molar-refractivity contribution in [2.45, 2.75) is 58.8 Å². The van der Waals surface area contributed by atoms with Crippen LogP contribution in [-0.2, 0) is 10.0 Å². The van der Waals surface area contributed by atoms with Gasteiger partial charge in [-0.25, -0.2) is 12.7 Å². The van der Waals surface area contributed by atoms with Gasteiger partial charge in [0.15, 0.2) is 0 Å². The Balaban J connectivity index is 2.29. The summed E-state index contributed by atoms with van der Waals surface area (Å²) < 4.78 is 26.4. The van der Waals surface area contributed by atoms with Gasteiger partial charge in [0, 0.05) is 13.1 Å². The highest BCUT2D eigenvalue weighted by Crippen LogP contribution is 2.22. The van der Waals surface area contributed by atoms with E-state index in [2.05, 4.69) is 19.2 Å². The summed E-state index contributed by atoms with van der Waals surface area (Å²) in [6, 6.07) is 0. The van der Waals surface area contributed by atoms with Gasteiger partial charge in [-0.05, 0) is 57.5 Å². The molecule has 20 heavy (non-hydrogen) atoms. The SMILES string of the molecule is CCCNCCCCS(=O)(=O)N1CCCC(CC)CC1. The Morgan fingerprint density at radius 1 is 1.10 bits per heavy atom. The molecule has 0 amide bonds. The van der Waals surface area contributed by atoms with Crippen LogP contribution < -0.4 is 5.32 Å². The zero-order chi connectivity index (χ0) is 14.8. The third-order valence-electron chi connectivity index (χ3n) is 4.21. The van der Waals surface area contributed by atoms with Gasteiger partial charge in [-0.1, -0.05) is 20.3 Å². The summed E-state index contributed by atoms with van der Waals surface area (Å²) in [4.78, 5) is 0. The molecule has 5 heteroatoms. The van der Waals surface area contributed by atoms with Crippen molar-refractivity contribution in [1.29, 1.82) is 0 Å². The molecule has 1 N–H and O–H groups in total. The molecule has 1 aliphatic rings. The van der Waals surface area contributed by atoms with Crippen LogP contribution in [0.2, 0.25) is 0 Å². The predicted molar refractivity (Wildman–Crippen MR) is 85.4 cm³/mol. The molecule has 0 aromatic heterocycles. The fourth-order valence-electron chi connectivity index (χ4n) is 2.79. The molecule has 1 aliphatic heterocycles. The molecule has 120 valence electrons. The molecule has 0 spiro atoms. The number of hydrogen-bond acceptors (Lipinski definition) is 3. The van der Waals surface area contributed by atoms with Gasteiger partial charge < -0.3 is 5.32 Å². The van der Waals surface area contributed by atoms with Gasteiger partial charge >= 0.3 is 0 Å². The summed E-state index contributed by atoms with van der Waals surface area (Å²) in [5, 5.41) is 3.32. The van der Waals surface area contributed by atoms with Crippen molar-refractivity contribution in [3.05, 3.63) is 0 Å². The molecule has 0 bridgehead atoms. The Hall–Kier alpha value is -0.130. The molecule has 0 aromatic carbocycles. The van der Waals surface area contributed by atoms with Crippen molar-refractivity contribution in [2.24, 2.45) is 5.92 Å². The van der Waals surface area contributed by atoms with Crippen LogP contribution in [0.15, 0.2) is 0 Å². The third kappa shape index (κ3) is 6.55. The molecule has 0 radical (unpaired) electrons. The number of nitrogens with zero attached hydrogens (tertiary/aromatic N) is 1. The standard InChI is InChI=1S/C15H32N2O2S/c1-3-10-16-11-5-6-14-20(18,19)17-12-7-8-15(4-2)9-13-17/h15-16H,3-14H2,1-2H3. The van der Waals surface area contributed by atoms with Crippen LogP contribution in [0.5, 0.6) is 0 Å². The fourth-order valence-corrected chi connectivity index (χ4v) is 4.41. The Kier molecular flexibility index (Phi) is 8.73. The lowest BCUT2D eigenvalue weighted by Gasteiger charge is -2.20. The highest BCUT2D eigenvalue weighted by molar-refractivity contribution is 7.89. The Labute approximate surface area is 125 Å². The van der Waals surface area contributed by atoms with E-state index in [1.807, 2.05) is 0 Å². The van der Waals surface area contributed by atoms with E-state index < -0.39 is 10.0 Å². The number of nitrogens with one attached hydrogen (secondary N) is 1. The van der Waals surface area contributed by atoms with Crippen molar-refractivity contribution >= 4 is 10.0 Å². The van der Waals surface area contributed by atoms with Crippen molar-refractivity contribution in [3.63, 3.8) is 0 Å². The smallest absolute Gasteiger partial charge is 0.214 e. The quantitative estimate of drug-likeness (QED) is 0.666. The second-order valence-corrected chi connectivity index (χ2v) is 7.97. The summed E-state index contributed by atoms with van der Waals surface area (Å²) in [5.41, 5.74) is 0. The van der Waals surface area contributed by atoms with Crippen LogP contribution in [0, 0.1) is 5.92 Å². The minimum atomic E-state index is -3.03. The lowest BCUT2D eigenvalue weighted by Crippen LogP contribution is -2.34. The Bertz CT molecular complexity index is 344. The first-order valence-corrected chi connectivity index (χ1v) is 9.89. The highest BCUT2D eigenvalue weighted by atomic mass is 32.2. The van der Waals surface area contributed by atoms with E-state index in [0.29, 0.717) is 11.7 Å². The number of sulfonamides is 1. The van der Waals surface area contributed by atoms with Crippen molar-refractivity contribution < 1.29 is 8.42 Å². The summed E-state index contributed by atoms with van der Waals surface area (Å²) in [6.07, 6.45) is 7.27. The first-order chi connectivity index (χ1) is 9.60. The largest absolute Gasteiger partial charge is 0.317 e. The van der Waals surface area contributed by atoms with Crippen molar-refractivity contribution in [3.8, 4) is 0 Å². The zero-order valence-electron chi connectivity index (χ0n) is 13.2. The molecular formula is C15H32N2O2S. The predicted octanol–water partition coefficient (Wildman–Crippen LogP) is 2.61. The van der Waals surface area contributed by atoms with Gasteiger partial charge in [-0.15, -0.1) is 0 Å². The van der Waals surface area contributed by atoms with Gasteiger partial charge in [-0.2, -0.15) is 0 Å². The first-order valence-electron chi connectivity index (χ1n) is 8.28. The summed E-state index contributed by atoms with van der Waals surface area (Å²) in [5.74, 6) is 1.03. The molecule has 1 rings (SSSR count). The first kappa shape index (κ1) is 17.9. The lowest BCUT2D eigenvalue weighted by molar-refractivity contribution is 0.406. The van der Waals surface area contributed by atoms with Crippen LogP contribution in [0.4, 0.5) is 0 Å². The maximum absolute atomic E-state index is 12.3. The maximum Gasteiger partial charge on any atom is 0.214 e. The topological polar surface area (TPSA) is 49.4 Å². The van der Waals surface area contributed by atoms with E-state index in [1.54, 1.807) is 4.31 Å². The van der Waals surface area contributed by atoms with Crippen molar-refractivity contribution in [2.75, 3.05) is 31.9 Å². The second-order valence-electron chi connectivity index (χ2n) is 5.88. The van der Waals surface area contributed by atoms with E-state index in [0.717, 1.165) is 58.3 Å². The second kappa shape index (κ2) is 9.74. The van der Waals surface area contributed by atoms with E-state index >= 15 is 0 Å². The number of unbranched alkanes of at least 4 members (excludes halogenated alkanes) is 1. The Morgan fingerprint density at radius 3 is 2.60 bits per heavy atom. The minimum absolute atomic E-state index is 0.317. The number of hydrogen-bond donors (Lipinski definition) is 1. The Morgan fingerprint density at radius 2 is 1.90 bits per heavy atom. The van der Waals surface area contributed by atoms with Gasteiger partial charge in [0.2, 0.25) is 10.0 Å². The molecular weight excluding hydrogens is 272 g/mol. The van der Waals surface area contributed by atoms with Gasteiger partial charge in [0.25, 0.3) is 0 Å². The monoisotopic (exact) mass is 304 g/mol. The maximum atomic E-state index is 12.3. The van der Waals surface area contributed by atoms with Crippen molar-refractivity contribution in [1.82, 2.24) is 9.62 Å². The molecule has 0 saturated carbocycles. The molecule has 4 nitrogen and oxygen atoms in total. The van der Waals surface area contributed by atoms with Gasteiger partial charge in [0.1, 0.15) is 0 Å². The average Bonchev–Trinajstić information content (AvgIpc) is 2.68. The molecule has 1 fully saturated rings. The molecule has 0 aliphatic carbocycles. The van der Waals surface area contributed by atoms with Crippen LogP contribution in [-0.4, -0.2) is 44.7 Å². The van der Waals surface area contributed by atoms with E-state index in [9.17, 15) is 8.42 Å². The summed E-state index contributed by atoms with van der Waals surface area (Å²) in [7, 11) is -3.03. The van der Waals surface area contributed by atoms with Crippen LogP contribution in [0.3, 0.4) is 0 Å². The zero-order valence-corrected chi connectivity index (χ0v) is 14.1. The molecule has 1 atom stereocenters. The molecule has 1 unspecified atom stereocenters. The van der Waals surface area contributed by atoms with Gasteiger partial charge in [0.05, 0.1) is 5.75 Å². The highest BCUT2D eigenvalue weighted by Gasteiger charge is 2.24. The molecule has 1 heterocycles. The van der Waals surface area contributed by atoms with Crippen LogP contribution >= 0.6 is 0 Å². The lowest BCUT2D eigenvalue weighted by atomic mass is 9.98. The third-order valence-corrected chi connectivity index (χ3v) is 6.17. The number of rotatable bonds is 9. The molecule has 0 aromatic rings.